The molecule has 1 fully saturated rings. The minimum atomic E-state index is -2.99. The highest BCUT2D eigenvalue weighted by Gasteiger charge is 2.36. The molecule has 5 nitrogen and oxygen atoms in total. The van der Waals surface area contributed by atoms with Gasteiger partial charge in [-0.05, 0) is 24.0 Å². The van der Waals surface area contributed by atoms with E-state index in [-0.39, 0.29) is 17.5 Å². The summed E-state index contributed by atoms with van der Waals surface area (Å²) in [5.74, 6) is -0.997. The second kappa shape index (κ2) is 5.42. The molecule has 2 atom stereocenters. The summed E-state index contributed by atoms with van der Waals surface area (Å²) >= 11 is 0. The molecule has 0 radical (unpaired) electrons. The van der Waals surface area contributed by atoms with E-state index in [1.54, 1.807) is 0 Å². The molecule has 1 aromatic carbocycles. The molecule has 0 spiro atoms. The highest BCUT2D eigenvalue weighted by atomic mass is 32.2. The molecule has 2 aliphatic heterocycles. The normalized spacial score (nSPS) is 28.8. The van der Waals surface area contributed by atoms with Gasteiger partial charge in [0.2, 0.25) is 0 Å². The van der Waals surface area contributed by atoms with E-state index in [0.717, 1.165) is 17.5 Å². The van der Waals surface area contributed by atoms with E-state index in [2.05, 4.69) is 0 Å². The molecule has 3 rings (SSSR count). The fourth-order valence-corrected chi connectivity index (χ4v) is 5.15. The fourth-order valence-electron chi connectivity index (χ4n) is 3.41. The van der Waals surface area contributed by atoms with Gasteiger partial charge in [0.15, 0.2) is 9.84 Å². The zero-order valence-corrected chi connectivity index (χ0v) is 12.6. The maximum atomic E-state index is 11.8. The van der Waals surface area contributed by atoms with Gasteiger partial charge in [0.1, 0.15) is 0 Å². The number of carboxylic acid groups (broad SMARTS) is 1. The van der Waals surface area contributed by atoms with Gasteiger partial charge in [-0.2, -0.15) is 0 Å². The van der Waals surface area contributed by atoms with Crippen molar-refractivity contribution in [1.29, 1.82) is 0 Å². The van der Waals surface area contributed by atoms with Crippen LogP contribution in [-0.2, 0) is 21.2 Å². The Bertz CT molecular complexity index is 655. The van der Waals surface area contributed by atoms with Crippen molar-refractivity contribution in [3.05, 3.63) is 35.4 Å². The molecule has 2 heterocycles. The van der Waals surface area contributed by atoms with Crippen molar-refractivity contribution in [1.82, 2.24) is 4.90 Å². The number of fused-ring (bicyclic) bond motifs is 1. The minimum Gasteiger partial charge on any atom is -0.481 e. The molecule has 2 aliphatic rings. The Hall–Kier alpha value is -1.40. The first-order valence-corrected chi connectivity index (χ1v) is 9.03. The molecule has 0 aromatic heterocycles. The van der Waals surface area contributed by atoms with Crippen LogP contribution >= 0.6 is 0 Å². The molecule has 0 saturated carbocycles. The third-order valence-corrected chi connectivity index (χ3v) is 6.28. The smallest absolute Gasteiger partial charge is 0.312 e. The number of carboxylic acids is 1. The van der Waals surface area contributed by atoms with Crippen LogP contribution in [-0.4, -0.2) is 48.5 Å². The standard InChI is InChI=1S/C15H19NO4S/c17-15(18)14-9-16(8-11-4-1-2-6-13(11)14)12-5-3-7-21(19,20)10-12/h1-2,4,6,12,14H,3,5,7-10H2,(H,17,18). The number of carbonyl (C=O) groups is 1. The van der Waals surface area contributed by atoms with Crippen molar-refractivity contribution >= 4 is 15.8 Å². The lowest BCUT2D eigenvalue weighted by atomic mass is 9.88. The second-order valence-corrected chi connectivity index (χ2v) is 8.16. The van der Waals surface area contributed by atoms with Crippen molar-refractivity contribution in [2.45, 2.75) is 31.3 Å². The third kappa shape index (κ3) is 2.96. The van der Waals surface area contributed by atoms with Gasteiger partial charge in [0.25, 0.3) is 0 Å². The molecule has 2 unspecified atom stereocenters. The molecule has 21 heavy (non-hydrogen) atoms. The van der Waals surface area contributed by atoms with Gasteiger partial charge >= 0.3 is 5.97 Å². The van der Waals surface area contributed by atoms with E-state index in [4.69, 9.17) is 0 Å². The monoisotopic (exact) mass is 309 g/mol. The van der Waals surface area contributed by atoms with Crippen molar-refractivity contribution in [3.8, 4) is 0 Å². The lowest BCUT2D eigenvalue weighted by Gasteiger charge is -2.39. The number of hydrogen-bond acceptors (Lipinski definition) is 4. The van der Waals surface area contributed by atoms with E-state index in [9.17, 15) is 18.3 Å². The average Bonchev–Trinajstić information content (AvgIpc) is 2.45. The lowest BCUT2D eigenvalue weighted by molar-refractivity contribution is -0.139. The van der Waals surface area contributed by atoms with Crippen LogP contribution in [0.1, 0.15) is 29.9 Å². The summed E-state index contributed by atoms with van der Waals surface area (Å²) in [6.45, 7) is 1.03. The minimum absolute atomic E-state index is 0.0565. The zero-order chi connectivity index (χ0) is 15.0. The van der Waals surface area contributed by atoms with Crippen molar-refractivity contribution in [2.24, 2.45) is 0 Å². The van der Waals surface area contributed by atoms with Crippen LogP contribution in [0.15, 0.2) is 24.3 Å². The molecule has 0 bridgehead atoms. The summed E-state index contributed by atoms with van der Waals surface area (Å²) in [6, 6.07) is 7.51. The number of sulfone groups is 1. The molecule has 114 valence electrons. The van der Waals surface area contributed by atoms with Gasteiger partial charge in [0.05, 0.1) is 17.4 Å². The lowest BCUT2D eigenvalue weighted by Crippen LogP contribution is -2.48. The van der Waals surface area contributed by atoms with Crippen LogP contribution in [0, 0.1) is 0 Å². The number of nitrogens with zero attached hydrogens (tertiary/aromatic N) is 1. The van der Waals surface area contributed by atoms with Crippen LogP contribution in [0.2, 0.25) is 0 Å². The van der Waals surface area contributed by atoms with Crippen molar-refractivity contribution in [2.75, 3.05) is 18.1 Å². The molecule has 1 saturated heterocycles. The Kier molecular flexibility index (Phi) is 3.75. The first kappa shape index (κ1) is 14.5. The van der Waals surface area contributed by atoms with E-state index in [1.165, 1.54) is 0 Å². The van der Waals surface area contributed by atoms with E-state index in [0.29, 0.717) is 19.5 Å². The second-order valence-electron chi connectivity index (χ2n) is 5.93. The van der Waals surface area contributed by atoms with E-state index < -0.39 is 21.7 Å². The maximum absolute atomic E-state index is 11.8. The summed E-state index contributed by atoms with van der Waals surface area (Å²) in [6.07, 6.45) is 1.50. The van der Waals surface area contributed by atoms with Crippen LogP contribution < -0.4 is 0 Å². The summed E-state index contributed by atoms with van der Waals surface area (Å²) in [5.41, 5.74) is 1.86. The Balaban J connectivity index is 1.88. The van der Waals surface area contributed by atoms with E-state index >= 15 is 0 Å². The Morgan fingerprint density at radius 1 is 1.29 bits per heavy atom. The van der Waals surface area contributed by atoms with E-state index in [1.807, 2.05) is 29.2 Å². The van der Waals surface area contributed by atoms with Gasteiger partial charge in [0, 0.05) is 19.1 Å². The highest BCUT2D eigenvalue weighted by molar-refractivity contribution is 7.91. The molecular formula is C15H19NO4S. The van der Waals surface area contributed by atoms with Gasteiger partial charge in [-0.15, -0.1) is 0 Å². The van der Waals surface area contributed by atoms with Crippen LogP contribution in [0.4, 0.5) is 0 Å². The highest BCUT2D eigenvalue weighted by Crippen LogP contribution is 2.31. The molecule has 6 heteroatoms. The Labute approximate surface area is 124 Å². The van der Waals surface area contributed by atoms with Crippen molar-refractivity contribution < 1.29 is 18.3 Å². The predicted molar refractivity (Wildman–Crippen MR) is 78.9 cm³/mol. The van der Waals surface area contributed by atoms with Gasteiger partial charge < -0.3 is 5.11 Å². The third-order valence-electron chi connectivity index (χ3n) is 4.47. The molecule has 0 amide bonds. The summed E-state index contributed by atoms with van der Waals surface area (Å²) in [5, 5.41) is 9.46. The van der Waals surface area contributed by atoms with Gasteiger partial charge in [-0.3, -0.25) is 9.69 Å². The van der Waals surface area contributed by atoms with Gasteiger partial charge in [-0.25, -0.2) is 8.42 Å². The zero-order valence-electron chi connectivity index (χ0n) is 11.7. The van der Waals surface area contributed by atoms with Crippen molar-refractivity contribution in [3.63, 3.8) is 0 Å². The van der Waals surface area contributed by atoms with Crippen LogP contribution in [0.5, 0.6) is 0 Å². The SMILES string of the molecule is O=C(O)C1CN(C2CCCS(=O)(=O)C2)Cc2ccccc21. The molecule has 1 N–H and O–H groups in total. The first-order valence-electron chi connectivity index (χ1n) is 7.21. The first-order chi connectivity index (χ1) is 9.96. The number of rotatable bonds is 2. The largest absolute Gasteiger partial charge is 0.481 e. The van der Waals surface area contributed by atoms with Crippen LogP contribution in [0.25, 0.3) is 0 Å². The van der Waals surface area contributed by atoms with Gasteiger partial charge in [-0.1, -0.05) is 24.3 Å². The number of hydrogen-bond donors (Lipinski definition) is 1. The quantitative estimate of drug-likeness (QED) is 0.890. The predicted octanol–water partition coefficient (Wildman–Crippen LogP) is 1.25. The Morgan fingerprint density at radius 3 is 2.76 bits per heavy atom. The average molecular weight is 309 g/mol. The summed E-state index contributed by atoms with van der Waals surface area (Å²) < 4.78 is 23.6. The topological polar surface area (TPSA) is 74.7 Å². The van der Waals surface area contributed by atoms with Crippen LogP contribution in [0.3, 0.4) is 0 Å². The molecule has 1 aromatic rings. The Morgan fingerprint density at radius 2 is 2.05 bits per heavy atom. The molecule has 0 aliphatic carbocycles. The number of benzene rings is 1. The summed E-state index contributed by atoms with van der Waals surface area (Å²) in [4.78, 5) is 13.6. The summed E-state index contributed by atoms with van der Waals surface area (Å²) in [7, 11) is -2.99. The maximum Gasteiger partial charge on any atom is 0.312 e. The molecular weight excluding hydrogens is 290 g/mol. The number of aliphatic carboxylic acids is 1. The fraction of sp³-hybridized carbons (Fsp3) is 0.533.